The van der Waals surface area contributed by atoms with Crippen LogP contribution in [0.4, 0.5) is 5.69 Å². The fourth-order valence-corrected chi connectivity index (χ4v) is 5.34. The molecule has 3 rings (SSSR count). The van der Waals surface area contributed by atoms with Crippen molar-refractivity contribution in [1.82, 2.24) is 13.9 Å². The first-order chi connectivity index (χ1) is 15.4. The summed E-state index contributed by atoms with van der Waals surface area (Å²) in [4.78, 5) is 17.6. The van der Waals surface area contributed by atoms with Crippen LogP contribution in [0, 0.1) is 0 Å². The fourth-order valence-electron chi connectivity index (χ4n) is 3.31. The Morgan fingerprint density at radius 3 is 2.44 bits per heavy atom. The highest BCUT2D eigenvalue weighted by Gasteiger charge is 2.24. The molecule has 8 nitrogen and oxygen atoms in total. The predicted molar refractivity (Wildman–Crippen MR) is 126 cm³/mol. The third kappa shape index (κ3) is 4.67. The SMILES string of the molecule is CCN(CC)S(=O)(=O)c1ccc(OC)c(NC(=O)c2cnc(SC)n2-c2ccccc2)c1. The van der Waals surface area contributed by atoms with Crippen LogP contribution in [0.25, 0.3) is 5.69 Å². The van der Waals surface area contributed by atoms with Crippen LogP contribution in [0.2, 0.25) is 0 Å². The van der Waals surface area contributed by atoms with E-state index in [2.05, 4.69) is 10.3 Å². The number of nitrogens with one attached hydrogen (secondary N) is 1. The third-order valence-corrected chi connectivity index (χ3v) is 7.62. The summed E-state index contributed by atoms with van der Waals surface area (Å²) in [5, 5.41) is 3.45. The highest BCUT2D eigenvalue weighted by atomic mass is 32.2. The van der Waals surface area contributed by atoms with E-state index in [-0.39, 0.29) is 10.6 Å². The first-order valence-corrected chi connectivity index (χ1v) is 12.7. The molecular formula is C22H26N4O4S2. The van der Waals surface area contributed by atoms with Gasteiger partial charge in [-0.2, -0.15) is 4.31 Å². The lowest BCUT2D eigenvalue weighted by molar-refractivity contribution is 0.101. The summed E-state index contributed by atoms with van der Waals surface area (Å²) in [6, 6.07) is 13.9. The van der Waals surface area contributed by atoms with Gasteiger partial charge in [0.25, 0.3) is 5.91 Å². The molecule has 0 aliphatic heterocycles. The summed E-state index contributed by atoms with van der Waals surface area (Å²) in [6.45, 7) is 4.25. The average Bonchev–Trinajstić information content (AvgIpc) is 3.24. The Morgan fingerprint density at radius 1 is 1.16 bits per heavy atom. The number of aromatic nitrogens is 2. The first kappa shape index (κ1) is 23.8. The number of rotatable bonds is 9. The molecule has 0 bridgehead atoms. The van der Waals surface area contributed by atoms with Crippen LogP contribution in [0.5, 0.6) is 5.75 Å². The van der Waals surface area contributed by atoms with E-state index in [0.717, 1.165) is 5.69 Å². The number of amides is 1. The number of hydrogen-bond acceptors (Lipinski definition) is 6. The monoisotopic (exact) mass is 474 g/mol. The van der Waals surface area contributed by atoms with E-state index >= 15 is 0 Å². The topological polar surface area (TPSA) is 93.5 Å². The normalized spacial score (nSPS) is 11.5. The Hall–Kier alpha value is -2.82. The van der Waals surface area contributed by atoms with E-state index in [1.807, 2.05) is 36.6 Å². The zero-order valence-corrected chi connectivity index (χ0v) is 20.0. The van der Waals surface area contributed by atoms with Gasteiger partial charge in [0.1, 0.15) is 11.4 Å². The van der Waals surface area contributed by atoms with Crippen molar-refractivity contribution in [2.24, 2.45) is 0 Å². The van der Waals surface area contributed by atoms with Gasteiger partial charge in [0.2, 0.25) is 10.0 Å². The number of anilines is 1. The van der Waals surface area contributed by atoms with Crippen LogP contribution >= 0.6 is 11.8 Å². The number of methoxy groups -OCH3 is 1. The van der Waals surface area contributed by atoms with Gasteiger partial charge >= 0.3 is 0 Å². The van der Waals surface area contributed by atoms with E-state index in [0.29, 0.717) is 29.7 Å². The van der Waals surface area contributed by atoms with Crippen LogP contribution in [-0.2, 0) is 10.0 Å². The second-order valence-corrected chi connectivity index (χ2v) is 9.42. The lowest BCUT2D eigenvalue weighted by Crippen LogP contribution is -2.30. The largest absolute Gasteiger partial charge is 0.495 e. The van der Waals surface area contributed by atoms with Gasteiger partial charge in [0.15, 0.2) is 5.16 Å². The van der Waals surface area contributed by atoms with Crippen LogP contribution in [-0.4, -0.2) is 54.6 Å². The van der Waals surface area contributed by atoms with E-state index in [1.54, 1.807) is 18.4 Å². The van der Waals surface area contributed by atoms with Crippen molar-refractivity contribution in [3.8, 4) is 11.4 Å². The number of hydrogen-bond donors (Lipinski definition) is 1. The number of sulfonamides is 1. The minimum atomic E-state index is -3.69. The van der Waals surface area contributed by atoms with Crippen molar-refractivity contribution in [2.45, 2.75) is 23.9 Å². The second kappa shape index (κ2) is 10.2. The lowest BCUT2D eigenvalue weighted by Gasteiger charge is -2.20. The summed E-state index contributed by atoms with van der Waals surface area (Å²) < 4.78 is 34.3. The van der Waals surface area contributed by atoms with Crippen LogP contribution < -0.4 is 10.1 Å². The summed E-state index contributed by atoms with van der Waals surface area (Å²) >= 11 is 1.42. The standard InChI is InChI=1S/C22H26N4O4S2/c1-5-25(6-2)32(28,29)17-12-13-20(30-3)18(14-17)24-21(27)19-15-23-22(31-4)26(19)16-10-8-7-9-11-16/h7-15H,5-6H2,1-4H3,(H,24,27). The lowest BCUT2D eigenvalue weighted by atomic mass is 10.2. The predicted octanol–water partition coefficient (Wildman–Crippen LogP) is 3.89. The van der Waals surface area contributed by atoms with E-state index in [1.165, 1.54) is 47.6 Å². The van der Waals surface area contributed by atoms with Gasteiger partial charge in [0.05, 0.1) is 23.9 Å². The van der Waals surface area contributed by atoms with E-state index in [4.69, 9.17) is 4.74 Å². The van der Waals surface area contributed by atoms with E-state index in [9.17, 15) is 13.2 Å². The number of carbonyl (C=O) groups is 1. The zero-order chi connectivity index (χ0) is 23.3. The molecule has 0 atom stereocenters. The maximum absolute atomic E-state index is 13.2. The molecule has 0 aliphatic carbocycles. The fraction of sp³-hybridized carbons (Fsp3) is 0.273. The summed E-state index contributed by atoms with van der Waals surface area (Å²) in [7, 11) is -2.23. The summed E-state index contributed by atoms with van der Waals surface area (Å²) in [6.07, 6.45) is 3.38. The smallest absolute Gasteiger partial charge is 0.274 e. The van der Waals surface area contributed by atoms with Crippen molar-refractivity contribution in [1.29, 1.82) is 0 Å². The van der Waals surface area contributed by atoms with Crippen molar-refractivity contribution < 1.29 is 17.9 Å². The summed E-state index contributed by atoms with van der Waals surface area (Å²) in [5.74, 6) is -0.0787. The van der Waals surface area contributed by atoms with Gasteiger partial charge in [-0.25, -0.2) is 13.4 Å². The van der Waals surface area contributed by atoms with Gasteiger partial charge in [-0.1, -0.05) is 43.8 Å². The molecule has 170 valence electrons. The maximum atomic E-state index is 13.2. The number of ether oxygens (including phenoxy) is 1. The highest BCUT2D eigenvalue weighted by Crippen LogP contribution is 2.30. The maximum Gasteiger partial charge on any atom is 0.274 e. The molecule has 1 N–H and O–H groups in total. The zero-order valence-electron chi connectivity index (χ0n) is 18.4. The van der Waals surface area contributed by atoms with Gasteiger partial charge in [0, 0.05) is 18.8 Å². The average molecular weight is 475 g/mol. The Balaban J connectivity index is 2.01. The molecule has 2 aromatic carbocycles. The van der Waals surface area contributed by atoms with Gasteiger partial charge in [-0.3, -0.25) is 9.36 Å². The molecule has 10 heteroatoms. The first-order valence-electron chi connectivity index (χ1n) is 10.0. The molecule has 0 aliphatic rings. The number of imidazole rings is 1. The number of carbonyl (C=O) groups excluding carboxylic acids is 1. The Morgan fingerprint density at radius 2 is 1.84 bits per heavy atom. The highest BCUT2D eigenvalue weighted by molar-refractivity contribution is 7.98. The molecule has 0 saturated carbocycles. The molecule has 0 spiro atoms. The van der Waals surface area contributed by atoms with E-state index < -0.39 is 15.9 Å². The number of benzene rings is 2. The minimum Gasteiger partial charge on any atom is -0.495 e. The Bertz CT molecular complexity index is 1190. The molecule has 0 fully saturated rings. The Labute approximate surface area is 192 Å². The van der Waals surface area contributed by atoms with Crippen molar-refractivity contribution in [3.05, 3.63) is 60.4 Å². The molecule has 1 amide bonds. The van der Waals surface area contributed by atoms with Crippen LogP contribution in [0.1, 0.15) is 24.3 Å². The number of para-hydroxylation sites is 1. The van der Waals surface area contributed by atoms with Gasteiger partial charge in [-0.05, 0) is 36.6 Å². The van der Waals surface area contributed by atoms with Gasteiger partial charge < -0.3 is 10.1 Å². The number of thioether (sulfide) groups is 1. The van der Waals surface area contributed by atoms with Crippen molar-refractivity contribution in [3.63, 3.8) is 0 Å². The molecule has 1 heterocycles. The molecule has 1 aromatic heterocycles. The van der Waals surface area contributed by atoms with Gasteiger partial charge in [-0.15, -0.1) is 0 Å². The minimum absolute atomic E-state index is 0.0821. The van der Waals surface area contributed by atoms with Crippen molar-refractivity contribution in [2.75, 3.05) is 31.8 Å². The molecular weight excluding hydrogens is 448 g/mol. The summed E-state index contributed by atoms with van der Waals surface area (Å²) in [5.41, 5.74) is 1.38. The second-order valence-electron chi connectivity index (χ2n) is 6.71. The Kier molecular flexibility index (Phi) is 7.60. The third-order valence-electron chi connectivity index (χ3n) is 4.92. The van der Waals surface area contributed by atoms with Crippen molar-refractivity contribution >= 4 is 33.4 Å². The number of nitrogens with zero attached hydrogens (tertiary/aromatic N) is 3. The quantitative estimate of drug-likeness (QED) is 0.473. The molecule has 0 saturated heterocycles. The molecule has 0 unspecified atom stereocenters. The molecule has 0 radical (unpaired) electrons. The molecule has 32 heavy (non-hydrogen) atoms. The molecule has 3 aromatic rings. The van der Waals surface area contributed by atoms with Crippen LogP contribution in [0.3, 0.4) is 0 Å². The van der Waals surface area contributed by atoms with Crippen LogP contribution in [0.15, 0.2) is 64.8 Å².